The van der Waals surface area contributed by atoms with Gasteiger partial charge in [0.05, 0.1) is 0 Å². The molecule has 0 bridgehead atoms. The van der Waals surface area contributed by atoms with Gasteiger partial charge in [0.15, 0.2) is 0 Å². The zero-order valence-electron chi connectivity index (χ0n) is 14.5. The molecule has 1 heterocycles. The first kappa shape index (κ1) is 18.8. The van der Waals surface area contributed by atoms with Crippen LogP contribution in [0.5, 0.6) is 0 Å². The van der Waals surface area contributed by atoms with E-state index in [9.17, 15) is 14.4 Å². The van der Waals surface area contributed by atoms with Crippen LogP contribution in [0.3, 0.4) is 0 Å². The van der Waals surface area contributed by atoms with Crippen molar-refractivity contribution >= 4 is 29.2 Å². The van der Waals surface area contributed by atoms with Gasteiger partial charge in [-0.15, -0.1) is 0 Å². The van der Waals surface area contributed by atoms with Gasteiger partial charge in [0.2, 0.25) is 0 Å². The largest absolute Gasteiger partial charge is 0.480 e. The molecule has 1 saturated heterocycles. The third kappa shape index (κ3) is 5.48. The number of benzene rings is 1. The number of urea groups is 1. The number of hydrogen-bond donors (Lipinski definition) is 2. The van der Waals surface area contributed by atoms with Crippen LogP contribution < -0.4 is 15.1 Å². The molecule has 1 fully saturated rings. The van der Waals surface area contributed by atoms with E-state index in [1.807, 2.05) is 31.2 Å². The average Bonchev–Trinajstić information content (AvgIpc) is 2.61. The van der Waals surface area contributed by atoms with E-state index >= 15 is 0 Å². The summed E-state index contributed by atoms with van der Waals surface area (Å²) < 4.78 is 0. The summed E-state index contributed by atoms with van der Waals surface area (Å²) in [6.07, 6.45) is 2.91. The lowest BCUT2D eigenvalue weighted by atomic mass is 10.1. The molecule has 2 amide bonds. The van der Waals surface area contributed by atoms with Crippen LogP contribution in [-0.2, 0) is 9.59 Å². The minimum absolute atomic E-state index is 0.300. The van der Waals surface area contributed by atoms with Gasteiger partial charge in [-0.3, -0.25) is 14.5 Å². The molecule has 2 N–H and O–H groups in total. The van der Waals surface area contributed by atoms with Crippen LogP contribution in [0.15, 0.2) is 24.3 Å². The molecule has 7 nitrogen and oxygen atoms in total. The number of piperidine rings is 1. The minimum atomic E-state index is -1.07. The summed E-state index contributed by atoms with van der Waals surface area (Å²) >= 11 is 0. The Morgan fingerprint density at radius 2 is 1.84 bits per heavy atom. The maximum atomic E-state index is 12.3. The standard InChI is InChI=1S/C18H25N3O4/c1-2-3-10-21(18(25)19-13-17(23)24)15-6-4-14(5-7-15)20-11-8-16(22)9-12-20/h4-7H,2-3,8-13H2,1H3,(H,19,25)(H,23,24). The summed E-state index contributed by atoms with van der Waals surface area (Å²) in [5.74, 6) is -0.771. The second kappa shape index (κ2) is 9.05. The number of Topliss-reactive ketones (excluding diaryl/α,β-unsaturated/α-hetero) is 1. The number of carbonyl (C=O) groups is 3. The summed E-state index contributed by atoms with van der Waals surface area (Å²) in [5.41, 5.74) is 1.76. The number of rotatable bonds is 7. The van der Waals surface area contributed by atoms with Gasteiger partial charge in [-0.2, -0.15) is 0 Å². The number of carboxylic acids is 1. The molecule has 0 aliphatic carbocycles. The molecule has 0 unspecified atom stereocenters. The number of nitrogens with one attached hydrogen (secondary N) is 1. The van der Waals surface area contributed by atoms with Gasteiger partial charge in [-0.1, -0.05) is 13.3 Å². The van der Waals surface area contributed by atoms with E-state index in [4.69, 9.17) is 5.11 Å². The number of amides is 2. The fourth-order valence-corrected chi connectivity index (χ4v) is 2.77. The molecule has 1 aliphatic rings. The quantitative estimate of drug-likeness (QED) is 0.790. The molecule has 1 aromatic carbocycles. The molecule has 1 aromatic rings. The van der Waals surface area contributed by atoms with Crippen LogP contribution >= 0.6 is 0 Å². The summed E-state index contributed by atoms with van der Waals surface area (Å²) in [7, 11) is 0. The highest BCUT2D eigenvalue weighted by Crippen LogP contribution is 2.23. The Labute approximate surface area is 147 Å². The third-order valence-electron chi connectivity index (χ3n) is 4.22. The van der Waals surface area contributed by atoms with Crippen LogP contribution in [0.4, 0.5) is 16.2 Å². The van der Waals surface area contributed by atoms with Crippen molar-refractivity contribution in [2.75, 3.05) is 36.0 Å². The van der Waals surface area contributed by atoms with Crippen LogP contribution in [0, 0.1) is 0 Å². The predicted octanol–water partition coefficient (Wildman–Crippen LogP) is 2.26. The van der Waals surface area contributed by atoms with Crippen molar-refractivity contribution in [2.24, 2.45) is 0 Å². The van der Waals surface area contributed by atoms with Gasteiger partial charge in [-0.05, 0) is 30.7 Å². The Hall–Kier alpha value is -2.57. The van der Waals surface area contributed by atoms with Crippen LogP contribution in [0.1, 0.15) is 32.6 Å². The molecule has 25 heavy (non-hydrogen) atoms. The zero-order valence-corrected chi connectivity index (χ0v) is 14.5. The lowest BCUT2D eigenvalue weighted by molar-refractivity contribution is -0.135. The Balaban J connectivity index is 2.07. The number of aliphatic carboxylic acids is 1. The monoisotopic (exact) mass is 347 g/mol. The zero-order chi connectivity index (χ0) is 18.2. The van der Waals surface area contributed by atoms with Crippen molar-refractivity contribution in [3.8, 4) is 0 Å². The first-order chi connectivity index (χ1) is 12.0. The van der Waals surface area contributed by atoms with Crippen LogP contribution in [0.2, 0.25) is 0 Å². The summed E-state index contributed by atoms with van der Waals surface area (Å²) in [5, 5.41) is 11.1. The van der Waals surface area contributed by atoms with E-state index in [0.717, 1.165) is 37.3 Å². The van der Waals surface area contributed by atoms with E-state index < -0.39 is 18.5 Å². The molecular formula is C18H25N3O4. The topological polar surface area (TPSA) is 89.9 Å². The highest BCUT2D eigenvalue weighted by atomic mass is 16.4. The summed E-state index contributed by atoms with van der Waals surface area (Å²) in [4.78, 5) is 38.0. The number of hydrogen-bond acceptors (Lipinski definition) is 4. The van der Waals surface area contributed by atoms with E-state index in [-0.39, 0.29) is 0 Å². The number of anilines is 2. The number of carbonyl (C=O) groups excluding carboxylic acids is 2. The van der Waals surface area contributed by atoms with Crippen molar-refractivity contribution in [1.29, 1.82) is 0 Å². The maximum absolute atomic E-state index is 12.3. The summed E-state index contributed by atoms with van der Waals surface area (Å²) in [6, 6.07) is 7.19. The Morgan fingerprint density at radius 1 is 1.20 bits per heavy atom. The lowest BCUT2D eigenvalue weighted by Gasteiger charge is -2.29. The SMILES string of the molecule is CCCCN(C(=O)NCC(=O)O)c1ccc(N2CCC(=O)CC2)cc1. The number of carboxylic acid groups (broad SMARTS) is 1. The van der Waals surface area contributed by atoms with Crippen LogP contribution in [-0.4, -0.2) is 49.1 Å². The lowest BCUT2D eigenvalue weighted by Crippen LogP contribution is -2.42. The molecule has 0 spiro atoms. The van der Waals surface area contributed by atoms with Crippen molar-refractivity contribution in [1.82, 2.24) is 5.32 Å². The first-order valence-corrected chi connectivity index (χ1v) is 8.65. The molecule has 0 aromatic heterocycles. The van der Waals surface area contributed by atoms with Crippen molar-refractivity contribution < 1.29 is 19.5 Å². The van der Waals surface area contributed by atoms with Crippen molar-refractivity contribution in [2.45, 2.75) is 32.6 Å². The number of unbranched alkanes of at least 4 members (excludes halogenated alkanes) is 1. The molecule has 0 radical (unpaired) electrons. The highest BCUT2D eigenvalue weighted by molar-refractivity contribution is 5.93. The Bertz CT molecular complexity index is 605. The third-order valence-corrected chi connectivity index (χ3v) is 4.22. The van der Waals surface area contributed by atoms with E-state index in [1.54, 1.807) is 4.90 Å². The maximum Gasteiger partial charge on any atom is 0.323 e. The molecule has 7 heteroatoms. The van der Waals surface area contributed by atoms with Gasteiger partial charge >= 0.3 is 12.0 Å². The van der Waals surface area contributed by atoms with Crippen molar-refractivity contribution in [3.05, 3.63) is 24.3 Å². The molecule has 2 rings (SSSR count). The number of nitrogens with zero attached hydrogens (tertiary/aromatic N) is 2. The molecule has 0 saturated carbocycles. The smallest absolute Gasteiger partial charge is 0.323 e. The van der Waals surface area contributed by atoms with Crippen LogP contribution in [0.25, 0.3) is 0 Å². The molecular weight excluding hydrogens is 322 g/mol. The Morgan fingerprint density at radius 3 is 2.40 bits per heavy atom. The fraction of sp³-hybridized carbons (Fsp3) is 0.500. The van der Waals surface area contributed by atoms with Gasteiger partial charge in [0, 0.05) is 43.9 Å². The highest BCUT2D eigenvalue weighted by Gasteiger charge is 2.18. The molecule has 136 valence electrons. The molecule has 1 aliphatic heterocycles. The summed E-state index contributed by atoms with van der Waals surface area (Å²) in [6.45, 7) is 3.60. The van der Waals surface area contributed by atoms with Gasteiger partial charge in [0.25, 0.3) is 0 Å². The molecule has 0 atom stereocenters. The van der Waals surface area contributed by atoms with Gasteiger partial charge in [-0.25, -0.2) is 4.79 Å². The van der Waals surface area contributed by atoms with E-state index in [2.05, 4.69) is 10.2 Å². The van der Waals surface area contributed by atoms with Crippen molar-refractivity contribution in [3.63, 3.8) is 0 Å². The Kier molecular flexibility index (Phi) is 6.80. The van der Waals surface area contributed by atoms with E-state index in [1.165, 1.54) is 0 Å². The fourth-order valence-electron chi connectivity index (χ4n) is 2.77. The van der Waals surface area contributed by atoms with Gasteiger partial charge in [0.1, 0.15) is 12.3 Å². The average molecular weight is 347 g/mol. The van der Waals surface area contributed by atoms with Gasteiger partial charge < -0.3 is 15.3 Å². The van der Waals surface area contributed by atoms with E-state index in [0.29, 0.717) is 25.2 Å². The predicted molar refractivity (Wildman–Crippen MR) is 96.2 cm³/mol. The number of ketones is 1. The second-order valence-electron chi connectivity index (χ2n) is 6.10. The first-order valence-electron chi connectivity index (χ1n) is 8.65. The second-order valence-corrected chi connectivity index (χ2v) is 6.10. The normalized spacial score (nSPS) is 14.3. The minimum Gasteiger partial charge on any atom is -0.480 e.